The third kappa shape index (κ3) is 6.97. The molecule has 2 aromatic carbocycles. The van der Waals surface area contributed by atoms with E-state index in [0.29, 0.717) is 28.2 Å². The first-order valence-corrected chi connectivity index (χ1v) is 10.8. The van der Waals surface area contributed by atoms with Crippen LogP contribution in [0.1, 0.15) is 36.7 Å². The van der Waals surface area contributed by atoms with Crippen molar-refractivity contribution in [3.8, 4) is 0 Å². The molecule has 1 N–H and O–H groups in total. The quantitative estimate of drug-likeness (QED) is 0.268. The Bertz CT molecular complexity index is 1190. The number of hydrogen-bond acceptors (Lipinski definition) is 7. The number of esters is 1. The van der Waals surface area contributed by atoms with Crippen molar-refractivity contribution in [2.24, 2.45) is 0 Å². The minimum atomic E-state index is -1.22. The fourth-order valence-corrected chi connectivity index (χ4v) is 3.36. The molecule has 0 radical (unpaired) electrons. The lowest BCUT2D eigenvalue weighted by Crippen LogP contribution is -2.16. The van der Waals surface area contributed by atoms with Gasteiger partial charge in [-0.25, -0.2) is 8.78 Å². The van der Waals surface area contributed by atoms with Gasteiger partial charge >= 0.3 is 5.97 Å². The van der Waals surface area contributed by atoms with E-state index in [1.807, 2.05) is 0 Å². The number of aliphatic hydroxyl groups excluding tert-OH is 1. The van der Waals surface area contributed by atoms with Crippen LogP contribution in [-0.2, 0) is 14.3 Å². The molecule has 0 bridgehead atoms. The third-order valence-electron chi connectivity index (χ3n) is 4.94. The van der Waals surface area contributed by atoms with Crippen LogP contribution in [-0.4, -0.2) is 49.8 Å². The zero-order valence-electron chi connectivity index (χ0n) is 19.2. The minimum absolute atomic E-state index is 0.156. The van der Waals surface area contributed by atoms with Crippen molar-refractivity contribution < 1.29 is 28.2 Å². The van der Waals surface area contributed by atoms with E-state index in [4.69, 9.17) is 4.74 Å². The second kappa shape index (κ2) is 11.9. The summed E-state index contributed by atoms with van der Waals surface area (Å²) >= 11 is 0. The smallest absolute Gasteiger partial charge is 0.313 e. The van der Waals surface area contributed by atoms with Gasteiger partial charge in [0, 0.05) is 12.0 Å². The molecule has 0 aliphatic heterocycles. The van der Waals surface area contributed by atoms with Crippen molar-refractivity contribution in [1.29, 1.82) is 0 Å². The summed E-state index contributed by atoms with van der Waals surface area (Å²) in [7, 11) is 0. The number of halogens is 2. The molecule has 0 aliphatic carbocycles. The zero-order chi connectivity index (χ0) is 25.4. The summed E-state index contributed by atoms with van der Waals surface area (Å²) in [6.07, 6.45) is 0.926. The second-order valence-corrected chi connectivity index (χ2v) is 7.56. The molecule has 0 fully saturated rings. The van der Waals surface area contributed by atoms with Crippen LogP contribution in [0.3, 0.4) is 0 Å². The Morgan fingerprint density at radius 1 is 1.06 bits per heavy atom. The van der Waals surface area contributed by atoms with Gasteiger partial charge in [-0.2, -0.15) is 4.68 Å². The zero-order valence-corrected chi connectivity index (χ0v) is 19.2. The highest BCUT2D eigenvalue weighted by Crippen LogP contribution is 2.31. The summed E-state index contributed by atoms with van der Waals surface area (Å²) in [5, 5.41) is 22.0. The molecule has 1 unspecified atom stereocenters. The van der Waals surface area contributed by atoms with Crippen molar-refractivity contribution in [1.82, 2.24) is 20.2 Å². The third-order valence-corrected chi connectivity index (χ3v) is 4.94. The van der Waals surface area contributed by atoms with E-state index in [1.165, 1.54) is 41.1 Å². The molecule has 1 aromatic heterocycles. The highest BCUT2D eigenvalue weighted by Gasteiger charge is 2.18. The molecule has 3 rings (SSSR count). The number of carbonyl (C=O) groups is 2. The first kappa shape index (κ1) is 25.6. The van der Waals surface area contributed by atoms with E-state index in [0.717, 1.165) is 0 Å². The second-order valence-electron chi connectivity index (χ2n) is 7.56. The summed E-state index contributed by atoms with van der Waals surface area (Å²) in [5.41, 5.74) is 2.09. The molecule has 0 aliphatic rings. The van der Waals surface area contributed by atoms with Gasteiger partial charge in [0.15, 0.2) is 5.82 Å². The van der Waals surface area contributed by atoms with Crippen molar-refractivity contribution in [2.45, 2.75) is 32.8 Å². The van der Waals surface area contributed by atoms with E-state index >= 15 is 0 Å². The Balaban J connectivity index is 2.06. The molecule has 0 saturated heterocycles. The van der Waals surface area contributed by atoms with Crippen molar-refractivity contribution in [3.05, 3.63) is 89.3 Å². The van der Waals surface area contributed by atoms with Crippen molar-refractivity contribution >= 4 is 23.0 Å². The standard InChI is InChI=1S/C25H24F2N4O4/c1-3-35-24(34)15-22(33)14-21(32)12-13-23(31-16(2)28-29-30-31)25(17-4-8-19(26)9-5-17)18-6-10-20(27)11-7-18/h4-13,21,32H,3,14-15H2,1-2H3. The van der Waals surface area contributed by atoms with Crippen LogP contribution in [0.5, 0.6) is 0 Å². The number of aliphatic hydroxyl groups is 1. The Hall–Kier alpha value is -4.05. The largest absolute Gasteiger partial charge is 0.466 e. The molecule has 0 spiro atoms. The van der Waals surface area contributed by atoms with Gasteiger partial charge in [-0.3, -0.25) is 9.59 Å². The summed E-state index contributed by atoms with van der Waals surface area (Å²) < 4.78 is 33.4. The van der Waals surface area contributed by atoms with Crippen LogP contribution < -0.4 is 0 Å². The fourth-order valence-electron chi connectivity index (χ4n) is 3.36. The molecular weight excluding hydrogens is 458 g/mol. The van der Waals surface area contributed by atoms with Crippen LogP contribution in [0.15, 0.2) is 60.7 Å². The number of aryl methyl sites for hydroxylation is 1. The Kier molecular flexibility index (Phi) is 8.69. The lowest BCUT2D eigenvalue weighted by Gasteiger charge is -2.15. The monoisotopic (exact) mass is 482 g/mol. The van der Waals surface area contributed by atoms with Crippen LogP contribution in [0.25, 0.3) is 11.3 Å². The normalized spacial score (nSPS) is 11.9. The average Bonchev–Trinajstić information content (AvgIpc) is 3.24. The van der Waals surface area contributed by atoms with Gasteiger partial charge in [-0.05, 0) is 65.7 Å². The molecule has 1 atom stereocenters. The molecule has 0 amide bonds. The van der Waals surface area contributed by atoms with Crippen LogP contribution >= 0.6 is 0 Å². The molecule has 1 heterocycles. The number of tetrazole rings is 1. The lowest BCUT2D eigenvalue weighted by atomic mass is 9.95. The maximum Gasteiger partial charge on any atom is 0.313 e. The highest BCUT2D eigenvalue weighted by atomic mass is 19.1. The number of carbonyl (C=O) groups excluding carboxylic acids is 2. The van der Waals surface area contributed by atoms with Gasteiger partial charge in [-0.1, -0.05) is 30.3 Å². The van der Waals surface area contributed by atoms with Crippen LogP contribution in [0.2, 0.25) is 0 Å². The number of nitrogens with zero attached hydrogens (tertiary/aromatic N) is 4. The molecule has 3 aromatic rings. The van der Waals surface area contributed by atoms with Gasteiger partial charge in [0.2, 0.25) is 0 Å². The number of aromatic nitrogens is 4. The molecule has 10 heteroatoms. The molecular formula is C25H24F2N4O4. The van der Waals surface area contributed by atoms with Gasteiger partial charge in [0.1, 0.15) is 23.8 Å². The van der Waals surface area contributed by atoms with Crippen LogP contribution in [0, 0.1) is 18.6 Å². The molecule has 0 saturated carbocycles. The first-order chi connectivity index (χ1) is 16.8. The van der Waals surface area contributed by atoms with Crippen molar-refractivity contribution in [2.75, 3.05) is 6.61 Å². The summed E-state index contributed by atoms with van der Waals surface area (Å²) in [5.74, 6) is -1.59. The molecule has 182 valence electrons. The summed E-state index contributed by atoms with van der Waals surface area (Å²) in [6, 6.07) is 11.4. The Morgan fingerprint density at radius 2 is 1.63 bits per heavy atom. The number of benzene rings is 2. The van der Waals surface area contributed by atoms with Gasteiger partial charge in [-0.15, -0.1) is 5.10 Å². The Labute approximate surface area is 200 Å². The van der Waals surface area contributed by atoms with Crippen molar-refractivity contribution in [3.63, 3.8) is 0 Å². The van der Waals surface area contributed by atoms with Gasteiger partial charge in [0.05, 0.1) is 18.4 Å². The number of rotatable bonds is 10. The lowest BCUT2D eigenvalue weighted by molar-refractivity contribution is -0.145. The number of Topliss-reactive ketones (excluding diaryl/α,β-unsaturated/α-hetero) is 1. The van der Waals surface area contributed by atoms with E-state index in [-0.39, 0.29) is 13.0 Å². The first-order valence-electron chi connectivity index (χ1n) is 10.8. The number of hydrogen-bond donors (Lipinski definition) is 1. The van der Waals surface area contributed by atoms with Gasteiger partial charge in [0.25, 0.3) is 0 Å². The predicted molar refractivity (Wildman–Crippen MR) is 124 cm³/mol. The highest BCUT2D eigenvalue weighted by molar-refractivity contribution is 5.97. The maximum atomic E-state index is 13.6. The molecule has 35 heavy (non-hydrogen) atoms. The topological polar surface area (TPSA) is 107 Å². The van der Waals surface area contributed by atoms with Crippen LogP contribution in [0.4, 0.5) is 8.78 Å². The Morgan fingerprint density at radius 3 is 2.11 bits per heavy atom. The number of ether oxygens (including phenoxy) is 1. The van der Waals surface area contributed by atoms with E-state index in [9.17, 15) is 23.5 Å². The van der Waals surface area contributed by atoms with E-state index in [2.05, 4.69) is 15.5 Å². The van der Waals surface area contributed by atoms with Gasteiger partial charge < -0.3 is 9.84 Å². The van der Waals surface area contributed by atoms with E-state index in [1.54, 1.807) is 38.1 Å². The average molecular weight is 482 g/mol. The van der Waals surface area contributed by atoms with E-state index < -0.39 is 35.9 Å². The fraction of sp³-hybridized carbons (Fsp3) is 0.240. The minimum Gasteiger partial charge on any atom is -0.466 e. The SMILES string of the molecule is CCOC(=O)CC(=O)CC(O)C=CC(=C(c1ccc(F)cc1)c1ccc(F)cc1)n1nnnc1C. The summed E-state index contributed by atoms with van der Waals surface area (Å²) in [6.45, 7) is 3.46. The maximum absolute atomic E-state index is 13.6. The number of ketones is 1. The molecule has 8 nitrogen and oxygen atoms in total. The number of allylic oxidation sites excluding steroid dienone is 2. The predicted octanol–water partition coefficient (Wildman–Crippen LogP) is 3.51. The summed E-state index contributed by atoms with van der Waals surface area (Å²) in [4.78, 5) is 23.6.